The van der Waals surface area contributed by atoms with Gasteiger partial charge >= 0.3 is 6.18 Å². The second-order valence-electron chi connectivity index (χ2n) is 5.84. The van der Waals surface area contributed by atoms with Crippen molar-refractivity contribution in [3.05, 3.63) is 21.9 Å². The molecule has 1 saturated heterocycles. The van der Waals surface area contributed by atoms with Gasteiger partial charge in [-0.15, -0.1) is 11.3 Å². The van der Waals surface area contributed by atoms with Crippen molar-refractivity contribution >= 4 is 11.3 Å². The number of halogens is 3. The van der Waals surface area contributed by atoms with E-state index in [1.807, 2.05) is 19.2 Å². The summed E-state index contributed by atoms with van der Waals surface area (Å²) in [5.74, 6) is -1.16. The van der Waals surface area contributed by atoms with Crippen molar-refractivity contribution in [3.63, 3.8) is 0 Å². The Morgan fingerprint density at radius 3 is 2.43 bits per heavy atom. The van der Waals surface area contributed by atoms with E-state index in [1.54, 1.807) is 11.3 Å². The molecule has 2 rings (SSSR count). The number of alkyl halides is 3. The molecule has 2 unspecified atom stereocenters. The molecule has 2 heterocycles. The fourth-order valence-electron chi connectivity index (χ4n) is 3.05. The molecular weight excluding hydrogens is 297 g/mol. The van der Waals surface area contributed by atoms with Crippen LogP contribution < -0.4 is 5.73 Å². The van der Waals surface area contributed by atoms with E-state index in [2.05, 4.69) is 11.0 Å². The van der Waals surface area contributed by atoms with E-state index < -0.39 is 12.1 Å². The SMILES string of the molecule is CCC(N)C(c1sccc1C)N1CCC(C(F)(F)F)CC1. The minimum Gasteiger partial charge on any atom is -0.326 e. The molecule has 0 aromatic carbocycles. The lowest BCUT2D eigenvalue weighted by Gasteiger charge is -2.40. The molecule has 2 atom stereocenters. The van der Waals surface area contributed by atoms with Crippen molar-refractivity contribution in [1.82, 2.24) is 4.90 Å². The summed E-state index contributed by atoms with van der Waals surface area (Å²) in [5.41, 5.74) is 7.46. The van der Waals surface area contributed by atoms with Crippen LogP contribution in [0.1, 0.15) is 42.7 Å². The first-order chi connectivity index (χ1) is 9.84. The van der Waals surface area contributed by atoms with Crippen LogP contribution in [0.15, 0.2) is 11.4 Å². The highest BCUT2D eigenvalue weighted by molar-refractivity contribution is 7.10. The van der Waals surface area contributed by atoms with Crippen molar-refractivity contribution in [2.75, 3.05) is 13.1 Å². The Labute approximate surface area is 128 Å². The fourth-order valence-corrected chi connectivity index (χ4v) is 4.18. The molecule has 1 aromatic heterocycles. The van der Waals surface area contributed by atoms with Crippen LogP contribution >= 0.6 is 11.3 Å². The van der Waals surface area contributed by atoms with Gasteiger partial charge in [-0.2, -0.15) is 13.2 Å². The van der Waals surface area contributed by atoms with Crippen LogP contribution in [0.2, 0.25) is 0 Å². The van der Waals surface area contributed by atoms with E-state index in [-0.39, 0.29) is 24.9 Å². The molecule has 0 amide bonds. The zero-order valence-corrected chi connectivity index (χ0v) is 13.3. The lowest BCUT2D eigenvalue weighted by atomic mass is 9.92. The van der Waals surface area contributed by atoms with Gasteiger partial charge < -0.3 is 5.73 Å². The molecule has 6 heteroatoms. The van der Waals surface area contributed by atoms with Gasteiger partial charge in [-0.05, 0) is 56.3 Å². The van der Waals surface area contributed by atoms with Gasteiger partial charge in [-0.1, -0.05) is 6.92 Å². The highest BCUT2D eigenvalue weighted by Gasteiger charge is 2.42. The number of thiophene rings is 1. The van der Waals surface area contributed by atoms with Crippen LogP contribution in [0.4, 0.5) is 13.2 Å². The van der Waals surface area contributed by atoms with E-state index in [4.69, 9.17) is 5.73 Å². The zero-order chi connectivity index (χ0) is 15.6. The molecule has 1 aliphatic rings. The van der Waals surface area contributed by atoms with Gasteiger partial charge in [0.15, 0.2) is 0 Å². The Bertz CT molecular complexity index is 450. The van der Waals surface area contributed by atoms with E-state index in [0.29, 0.717) is 13.1 Å². The Morgan fingerprint density at radius 1 is 1.38 bits per heavy atom. The van der Waals surface area contributed by atoms with Crippen molar-refractivity contribution < 1.29 is 13.2 Å². The number of aryl methyl sites for hydroxylation is 1. The number of nitrogens with two attached hydrogens (primary N) is 1. The Hall–Kier alpha value is -0.590. The zero-order valence-electron chi connectivity index (χ0n) is 12.5. The third kappa shape index (κ3) is 3.79. The maximum absolute atomic E-state index is 12.8. The van der Waals surface area contributed by atoms with Crippen LogP contribution in [0.5, 0.6) is 0 Å². The second-order valence-corrected chi connectivity index (χ2v) is 6.78. The average molecular weight is 320 g/mol. The van der Waals surface area contributed by atoms with Gasteiger partial charge in [0, 0.05) is 10.9 Å². The summed E-state index contributed by atoms with van der Waals surface area (Å²) in [6.45, 7) is 5.02. The van der Waals surface area contributed by atoms with Crippen LogP contribution in [-0.2, 0) is 0 Å². The molecule has 1 fully saturated rings. The highest BCUT2D eigenvalue weighted by atomic mass is 32.1. The van der Waals surface area contributed by atoms with Gasteiger partial charge in [-0.3, -0.25) is 4.90 Å². The van der Waals surface area contributed by atoms with Crippen LogP contribution in [0.25, 0.3) is 0 Å². The molecule has 2 nitrogen and oxygen atoms in total. The molecular formula is C15H23F3N2S. The smallest absolute Gasteiger partial charge is 0.326 e. The first-order valence-electron chi connectivity index (χ1n) is 7.45. The molecule has 1 aliphatic heterocycles. The Balaban J connectivity index is 2.12. The number of nitrogens with zero attached hydrogens (tertiary/aromatic N) is 1. The minimum absolute atomic E-state index is 0.0372. The summed E-state index contributed by atoms with van der Waals surface area (Å²) < 4.78 is 38.4. The first kappa shape index (κ1) is 16.8. The molecule has 1 aromatic rings. The van der Waals surface area contributed by atoms with E-state index in [0.717, 1.165) is 6.42 Å². The second kappa shape index (κ2) is 6.67. The summed E-state index contributed by atoms with van der Waals surface area (Å²) in [4.78, 5) is 3.35. The third-order valence-corrected chi connectivity index (χ3v) is 5.52. The number of piperidine rings is 1. The van der Waals surface area contributed by atoms with Crippen molar-refractivity contribution in [2.24, 2.45) is 11.7 Å². The molecule has 120 valence electrons. The first-order valence-corrected chi connectivity index (χ1v) is 8.32. The maximum atomic E-state index is 12.8. The van der Waals surface area contributed by atoms with Crippen molar-refractivity contribution in [2.45, 2.75) is 51.4 Å². The Kier molecular flexibility index (Phi) is 5.33. The van der Waals surface area contributed by atoms with Gasteiger partial charge in [-0.25, -0.2) is 0 Å². The third-order valence-electron chi connectivity index (χ3n) is 4.43. The number of rotatable bonds is 4. The normalized spacial score (nSPS) is 21.4. The summed E-state index contributed by atoms with van der Waals surface area (Å²) in [7, 11) is 0. The number of hydrogen-bond acceptors (Lipinski definition) is 3. The molecule has 0 spiro atoms. The maximum Gasteiger partial charge on any atom is 0.391 e. The van der Waals surface area contributed by atoms with Crippen molar-refractivity contribution in [3.8, 4) is 0 Å². The molecule has 2 N–H and O–H groups in total. The summed E-state index contributed by atoms with van der Waals surface area (Å²) in [6.07, 6.45) is -2.88. The highest BCUT2D eigenvalue weighted by Crippen LogP contribution is 2.38. The fraction of sp³-hybridized carbons (Fsp3) is 0.733. The van der Waals surface area contributed by atoms with Gasteiger partial charge in [0.25, 0.3) is 0 Å². The van der Waals surface area contributed by atoms with Crippen LogP contribution in [0.3, 0.4) is 0 Å². The molecule has 0 saturated carbocycles. The van der Waals surface area contributed by atoms with E-state index >= 15 is 0 Å². The van der Waals surface area contributed by atoms with Gasteiger partial charge in [0.1, 0.15) is 0 Å². The predicted molar refractivity (Wildman–Crippen MR) is 80.4 cm³/mol. The largest absolute Gasteiger partial charge is 0.391 e. The summed E-state index contributed by atoms with van der Waals surface area (Å²) in [5, 5.41) is 2.03. The van der Waals surface area contributed by atoms with Crippen LogP contribution in [-0.4, -0.2) is 30.2 Å². The van der Waals surface area contributed by atoms with Gasteiger partial charge in [0.05, 0.1) is 12.0 Å². The lowest BCUT2D eigenvalue weighted by molar-refractivity contribution is -0.186. The van der Waals surface area contributed by atoms with Crippen molar-refractivity contribution in [1.29, 1.82) is 0 Å². The summed E-state index contributed by atoms with van der Waals surface area (Å²) >= 11 is 1.66. The van der Waals surface area contributed by atoms with E-state index in [1.165, 1.54) is 10.4 Å². The van der Waals surface area contributed by atoms with Gasteiger partial charge in [0.2, 0.25) is 0 Å². The number of likely N-dealkylation sites (tertiary alicyclic amines) is 1. The van der Waals surface area contributed by atoms with Crippen LogP contribution in [0, 0.1) is 12.8 Å². The monoisotopic (exact) mass is 320 g/mol. The molecule has 0 aliphatic carbocycles. The van der Waals surface area contributed by atoms with E-state index in [9.17, 15) is 13.2 Å². The Morgan fingerprint density at radius 2 is 2.00 bits per heavy atom. The average Bonchev–Trinajstić information content (AvgIpc) is 2.85. The minimum atomic E-state index is -4.06. The molecule has 0 radical (unpaired) electrons. The predicted octanol–water partition coefficient (Wildman–Crippen LogP) is 4.11. The quantitative estimate of drug-likeness (QED) is 0.904. The topological polar surface area (TPSA) is 29.3 Å². The molecule has 21 heavy (non-hydrogen) atoms. The molecule has 0 bridgehead atoms. The number of hydrogen-bond donors (Lipinski definition) is 1. The lowest BCUT2D eigenvalue weighted by Crippen LogP contribution is -2.46. The standard InChI is InChI=1S/C15H23F3N2S/c1-3-12(19)13(14-10(2)6-9-21-14)20-7-4-11(5-8-20)15(16,17)18/h6,9,11-13H,3-5,7-8,19H2,1-2H3. The summed E-state index contributed by atoms with van der Waals surface area (Å²) in [6, 6.07) is 2.06.